The molecule has 0 saturated carbocycles. The zero-order valence-electron chi connectivity index (χ0n) is 14.4. The van der Waals surface area contributed by atoms with E-state index in [0.717, 1.165) is 32.0 Å². The molecule has 5 N–H and O–H groups in total. The standard InChI is InChI=1S/C16H18N6O2S2/c1-8-13(26-16(20-8)22-14(17)18)12-7-19-15(25-12)21-10-5-4-9(23-2)6-11(10)24-3/h4-7H,1-3H3,(H,19,21)(H4,17,18,20,22). The second-order valence-electron chi connectivity index (χ2n) is 5.19. The average molecular weight is 390 g/mol. The van der Waals surface area contributed by atoms with E-state index in [1.54, 1.807) is 20.4 Å². The second-order valence-corrected chi connectivity index (χ2v) is 7.22. The van der Waals surface area contributed by atoms with E-state index in [0.29, 0.717) is 10.9 Å². The fourth-order valence-electron chi connectivity index (χ4n) is 2.25. The summed E-state index contributed by atoms with van der Waals surface area (Å²) in [6.45, 7) is 1.91. The third kappa shape index (κ3) is 3.86. The number of thiazole rings is 2. The molecule has 0 amide bonds. The molecule has 1 aromatic carbocycles. The SMILES string of the molecule is COc1ccc(Nc2ncc(-c3sc(NC(=N)N)nc3C)s2)c(OC)c1. The van der Waals surface area contributed by atoms with E-state index in [1.807, 2.05) is 25.1 Å². The van der Waals surface area contributed by atoms with Crippen molar-refractivity contribution in [2.75, 3.05) is 24.9 Å². The number of aryl methyl sites for hydroxylation is 1. The molecule has 0 aliphatic heterocycles. The lowest BCUT2D eigenvalue weighted by atomic mass is 10.3. The highest BCUT2D eigenvalue weighted by atomic mass is 32.1. The summed E-state index contributed by atoms with van der Waals surface area (Å²) in [4.78, 5) is 10.8. The third-order valence-electron chi connectivity index (χ3n) is 3.42. The average Bonchev–Trinajstić information content (AvgIpc) is 3.21. The van der Waals surface area contributed by atoms with Crippen LogP contribution in [0.1, 0.15) is 5.69 Å². The highest BCUT2D eigenvalue weighted by molar-refractivity contribution is 7.25. The van der Waals surface area contributed by atoms with Crippen molar-refractivity contribution >= 4 is 44.6 Å². The van der Waals surface area contributed by atoms with Crippen molar-refractivity contribution in [3.63, 3.8) is 0 Å². The molecule has 136 valence electrons. The lowest BCUT2D eigenvalue weighted by Gasteiger charge is -2.10. The first kappa shape index (κ1) is 18.0. The molecule has 26 heavy (non-hydrogen) atoms. The number of methoxy groups -OCH3 is 2. The van der Waals surface area contributed by atoms with Gasteiger partial charge >= 0.3 is 0 Å². The topological polar surface area (TPSA) is 118 Å². The second kappa shape index (κ2) is 7.58. The van der Waals surface area contributed by atoms with Crippen molar-refractivity contribution < 1.29 is 9.47 Å². The lowest BCUT2D eigenvalue weighted by Crippen LogP contribution is -2.20. The molecule has 0 atom stereocenters. The largest absolute Gasteiger partial charge is 0.497 e. The number of nitrogens with one attached hydrogen (secondary N) is 3. The number of anilines is 3. The van der Waals surface area contributed by atoms with Crippen LogP contribution in [0.25, 0.3) is 9.75 Å². The van der Waals surface area contributed by atoms with Gasteiger partial charge in [0.05, 0.1) is 35.4 Å². The van der Waals surface area contributed by atoms with Gasteiger partial charge in [0, 0.05) is 12.3 Å². The number of benzene rings is 1. The van der Waals surface area contributed by atoms with Crippen LogP contribution in [0.15, 0.2) is 24.4 Å². The van der Waals surface area contributed by atoms with Gasteiger partial charge in [-0.3, -0.25) is 5.41 Å². The Morgan fingerprint density at radius 3 is 2.69 bits per heavy atom. The predicted octanol–water partition coefficient (Wildman–Crippen LogP) is 3.64. The number of nitrogens with two attached hydrogens (primary N) is 1. The summed E-state index contributed by atoms with van der Waals surface area (Å²) < 4.78 is 10.6. The number of guanidine groups is 1. The van der Waals surface area contributed by atoms with Crippen molar-refractivity contribution in [3.8, 4) is 21.3 Å². The van der Waals surface area contributed by atoms with E-state index in [1.165, 1.54) is 22.7 Å². The quantitative estimate of drug-likeness (QED) is 0.375. The van der Waals surface area contributed by atoms with Crippen LogP contribution in [0.5, 0.6) is 11.5 Å². The summed E-state index contributed by atoms with van der Waals surface area (Å²) in [5.74, 6) is 1.25. The molecule has 0 fully saturated rings. The zero-order valence-corrected chi connectivity index (χ0v) is 16.0. The molecule has 8 nitrogen and oxygen atoms in total. The van der Waals surface area contributed by atoms with Crippen LogP contribution in [0.2, 0.25) is 0 Å². The van der Waals surface area contributed by atoms with Crippen molar-refractivity contribution in [3.05, 3.63) is 30.1 Å². The minimum Gasteiger partial charge on any atom is -0.497 e. The van der Waals surface area contributed by atoms with Gasteiger partial charge in [0.15, 0.2) is 16.2 Å². The van der Waals surface area contributed by atoms with E-state index in [4.69, 9.17) is 20.6 Å². The van der Waals surface area contributed by atoms with Crippen molar-refractivity contribution in [2.45, 2.75) is 6.92 Å². The molecule has 0 aliphatic rings. The summed E-state index contributed by atoms with van der Waals surface area (Å²) in [5.41, 5.74) is 7.02. The maximum absolute atomic E-state index is 7.31. The molecule has 0 saturated heterocycles. The molecular formula is C16H18N6O2S2. The molecule has 0 spiro atoms. The van der Waals surface area contributed by atoms with Crippen LogP contribution < -0.4 is 25.8 Å². The Morgan fingerprint density at radius 1 is 1.19 bits per heavy atom. The maximum Gasteiger partial charge on any atom is 0.192 e. The van der Waals surface area contributed by atoms with Gasteiger partial charge in [0.1, 0.15) is 11.5 Å². The Kier molecular flexibility index (Phi) is 5.24. The smallest absolute Gasteiger partial charge is 0.192 e. The highest BCUT2D eigenvalue weighted by Gasteiger charge is 2.14. The third-order valence-corrected chi connectivity index (χ3v) is 5.58. The molecule has 0 unspecified atom stereocenters. The first-order chi connectivity index (χ1) is 12.5. The van der Waals surface area contributed by atoms with Crippen molar-refractivity contribution in [2.24, 2.45) is 5.73 Å². The van der Waals surface area contributed by atoms with Crippen molar-refractivity contribution in [1.82, 2.24) is 9.97 Å². The van der Waals surface area contributed by atoms with Crippen LogP contribution in [0, 0.1) is 12.3 Å². The number of rotatable bonds is 6. The summed E-state index contributed by atoms with van der Waals surface area (Å²) in [6.07, 6.45) is 1.79. The molecular weight excluding hydrogens is 372 g/mol. The molecule has 0 bridgehead atoms. The van der Waals surface area contributed by atoms with Crippen LogP contribution in [0.3, 0.4) is 0 Å². The molecule has 0 radical (unpaired) electrons. The van der Waals surface area contributed by atoms with Crippen LogP contribution in [-0.4, -0.2) is 30.1 Å². The molecule has 3 rings (SSSR count). The number of nitrogens with zero attached hydrogens (tertiary/aromatic N) is 2. The summed E-state index contributed by atoms with van der Waals surface area (Å²) >= 11 is 2.94. The predicted molar refractivity (Wildman–Crippen MR) is 106 cm³/mol. The van der Waals surface area contributed by atoms with E-state index in [2.05, 4.69) is 20.6 Å². The van der Waals surface area contributed by atoms with Gasteiger partial charge in [-0.05, 0) is 19.1 Å². The first-order valence-corrected chi connectivity index (χ1v) is 9.17. The molecule has 0 aliphatic carbocycles. The van der Waals surface area contributed by atoms with E-state index < -0.39 is 0 Å². The van der Waals surface area contributed by atoms with Gasteiger partial charge in [-0.1, -0.05) is 22.7 Å². The van der Waals surface area contributed by atoms with E-state index in [-0.39, 0.29) is 5.96 Å². The summed E-state index contributed by atoms with van der Waals surface area (Å²) in [6, 6.07) is 5.54. The normalized spacial score (nSPS) is 10.4. The van der Waals surface area contributed by atoms with Gasteiger partial charge < -0.3 is 25.8 Å². The minimum atomic E-state index is -0.136. The van der Waals surface area contributed by atoms with E-state index in [9.17, 15) is 0 Å². The number of hydrogen-bond donors (Lipinski definition) is 4. The Labute approximate surface area is 158 Å². The van der Waals surface area contributed by atoms with Crippen LogP contribution >= 0.6 is 22.7 Å². The monoisotopic (exact) mass is 390 g/mol. The van der Waals surface area contributed by atoms with Crippen LogP contribution in [-0.2, 0) is 0 Å². The molecule has 2 heterocycles. The lowest BCUT2D eigenvalue weighted by molar-refractivity contribution is 0.395. The fraction of sp³-hybridized carbons (Fsp3) is 0.188. The summed E-state index contributed by atoms with van der Waals surface area (Å²) in [7, 11) is 3.22. The molecule has 3 aromatic rings. The number of ether oxygens (including phenoxy) is 2. The van der Waals surface area contributed by atoms with Gasteiger partial charge in [-0.2, -0.15) is 0 Å². The van der Waals surface area contributed by atoms with Crippen LogP contribution in [0.4, 0.5) is 16.0 Å². The Balaban J connectivity index is 1.83. The van der Waals surface area contributed by atoms with Gasteiger partial charge in [0.25, 0.3) is 0 Å². The highest BCUT2D eigenvalue weighted by Crippen LogP contribution is 2.39. The zero-order chi connectivity index (χ0) is 18.7. The van der Waals surface area contributed by atoms with Gasteiger partial charge in [-0.15, -0.1) is 0 Å². The van der Waals surface area contributed by atoms with E-state index >= 15 is 0 Å². The number of hydrogen-bond acceptors (Lipinski definition) is 8. The number of aromatic nitrogens is 2. The van der Waals surface area contributed by atoms with Gasteiger partial charge in [0.2, 0.25) is 0 Å². The minimum absolute atomic E-state index is 0.136. The maximum atomic E-state index is 7.31. The summed E-state index contributed by atoms with van der Waals surface area (Å²) in [5, 5.41) is 14.6. The first-order valence-electron chi connectivity index (χ1n) is 7.54. The van der Waals surface area contributed by atoms with Crippen molar-refractivity contribution in [1.29, 1.82) is 5.41 Å². The fourth-order valence-corrected chi connectivity index (χ4v) is 4.20. The van der Waals surface area contributed by atoms with Gasteiger partial charge in [-0.25, -0.2) is 9.97 Å². The Hall–Kier alpha value is -2.85. The Bertz CT molecular complexity index is 937. The Morgan fingerprint density at radius 2 is 2.00 bits per heavy atom. The molecule has 10 heteroatoms. The molecule has 2 aromatic heterocycles.